The molecule has 4 rings (SSSR count). The first kappa shape index (κ1) is 21.7. The van der Waals surface area contributed by atoms with Crippen LogP contribution in [0, 0.1) is 4.77 Å². The van der Waals surface area contributed by atoms with Crippen LogP contribution in [0.25, 0.3) is 0 Å². The van der Waals surface area contributed by atoms with Crippen molar-refractivity contribution in [1.29, 1.82) is 0 Å². The van der Waals surface area contributed by atoms with Crippen molar-refractivity contribution in [3.05, 3.63) is 63.1 Å². The molecule has 2 heterocycles. The molecule has 0 bridgehead atoms. The Hall–Kier alpha value is -2.55. The number of benzene rings is 2. The summed E-state index contributed by atoms with van der Waals surface area (Å²) in [6.07, 6.45) is 0.933. The molecule has 31 heavy (non-hydrogen) atoms. The molecule has 0 spiro atoms. The average molecular weight is 461 g/mol. The van der Waals surface area contributed by atoms with Crippen molar-refractivity contribution in [1.82, 2.24) is 19.2 Å². The number of aromatic nitrogens is 3. The summed E-state index contributed by atoms with van der Waals surface area (Å²) in [6.45, 7) is 2.65. The van der Waals surface area contributed by atoms with E-state index in [1.165, 1.54) is 11.1 Å². The largest absolute Gasteiger partial charge is 0.493 e. The van der Waals surface area contributed by atoms with Gasteiger partial charge in [0.25, 0.3) is 0 Å². The fourth-order valence-electron chi connectivity index (χ4n) is 3.68. The Morgan fingerprint density at radius 3 is 2.42 bits per heavy atom. The summed E-state index contributed by atoms with van der Waals surface area (Å²) in [6, 6.07) is 11.4. The van der Waals surface area contributed by atoms with Crippen LogP contribution in [0.3, 0.4) is 0 Å². The van der Waals surface area contributed by atoms with E-state index in [4.69, 9.17) is 43.1 Å². The lowest BCUT2D eigenvalue weighted by atomic mass is 9.99. The monoisotopic (exact) mass is 460 g/mol. The molecule has 3 aromatic rings. The van der Waals surface area contributed by atoms with Gasteiger partial charge < -0.3 is 18.8 Å². The highest BCUT2D eigenvalue weighted by Crippen LogP contribution is 2.33. The molecule has 0 aliphatic carbocycles. The van der Waals surface area contributed by atoms with Crippen LogP contribution >= 0.6 is 23.8 Å². The second kappa shape index (κ2) is 9.30. The summed E-state index contributed by atoms with van der Waals surface area (Å²) in [5.41, 5.74) is 2.52. The molecular weight excluding hydrogens is 436 g/mol. The van der Waals surface area contributed by atoms with Crippen LogP contribution in [-0.4, -0.2) is 40.0 Å². The second-order valence-corrected chi connectivity index (χ2v) is 8.22. The van der Waals surface area contributed by atoms with Gasteiger partial charge in [-0.1, -0.05) is 11.6 Å². The summed E-state index contributed by atoms with van der Waals surface area (Å²) < 4.78 is 21.1. The maximum absolute atomic E-state index is 5.93. The fourth-order valence-corrected chi connectivity index (χ4v) is 4.01. The summed E-state index contributed by atoms with van der Waals surface area (Å²) >= 11 is 11.5. The van der Waals surface area contributed by atoms with Crippen LogP contribution in [-0.2, 0) is 33.3 Å². The zero-order valence-electron chi connectivity index (χ0n) is 17.8. The van der Waals surface area contributed by atoms with Crippen LogP contribution in [0.1, 0.15) is 17.0 Å². The van der Waals surface area contributed by atoms with Gasteiger partial charge in [-0.05, 0) is 66.2 Å². The van der Waals surface area contributed by atoms with Crippen molar-refractivity contribution in [2.75, 3.05) is 20.8 Å². The van der Waals surface area contributed by atoms with Crippen molar-refractivity contribution in [2.45, 2.75) is 26.2 Å². The molecule has 0 N–H and O–H groups in total. The van der Waals surface area contributed by atoms with E-state index in [1.54, 1.807) is 26.4 Å². The first-order valence-corrected chi connectivity index (χ1v) is 10.7. The number of methoxy groups -OCH3 is 2. The van der Waals surface area contributed by atoms with Crippen LogP contribution < -0.4 is 14.2 Å². The van der Waals surface area contributed by atoms with Gasteiger partial charge in [-0.3, -0.25) is 4.90 Å². The molecule has 2 aromatic carbocycles. The van der Waals surface area contributed by atoms with Crippen molar-refractivity contribution in [2.24, 2.45) is 7.05 Å². The normalized spacial score (nSPS) is 13.7. The predicted molar refractivity (Wildman–Crippen MR) is 121 cm³/mol. The van der Waals surface area contributed by atoms with Gasteiger partial charge >= 0.3 is 0 Å². The van der Waals surface area contributed by atoms with Gasteiger partial charge in [0.05, 0.1) is 20.9 Å². The number of halogens is 1. The topological polar surface area (TPSA) is 53.7 Å². The summed E-state index contributed by atoms with van der Waals surface area (Å²) in [4.78, 5) is 2.32. The molecule has 0 saturated heterocycles. The number of fused-ring (bicyclic) bond motifs is 1. The van der Waals surface area contributed by atoms with Gasteiger partial charge in [0.2, 0.25) is 0 Å². The molecule has 164 valence electrons. The van der Waals surface area contributed by atoms with E-state index in [9.17, 15) is 0 Å². The van der Waals surface area contributed by atoms with E-state index in [0.717, 1.165) is 42.6 Å². The zero-order chi connectivity index (χ0) is 22.0. The SMILES string of the molecule is COc1cc2c(cc1OC)CN(Cn1nc(COc3ccc(Cl)cc3)n(C)c1=S)CC2. The molecule has 0 saturated carbocycles. The molecule has 1 aromatic heterocycles. The van der Waals surface area contributed by atoms with Gasteiger partial charge in [-0.2, -0.15) is 5.10 Å². The third-order valence-corrected chi connectivity index (χ3v) is 6.18. The van der Waals surface area contributed by atoms with Crippen LogP contribution in [0.2, 0.25) is 5.02 Å². The van der Waals surface area contributed by atoms with Gasteiger partial charge in [0.1, 0.15) is 12.4 Å². The standard InChI is InChI=1S/C22H25ClN4O3S/c1-25-21(13-30-18-6-4-17(23)5-7-18)24-27(22(25)31)14-26-9-8-15-10-19(28-2)20(29-3)11-16(15)12-26/h4-7,10-11H,8-9,12-14H2,1-3H3. The molecule has 0 fully saturated rings. The minimum Gasteiger partial charge on any atom is -0.493 e. The predicted octanol–water partition coefficient (Wildman–Crippen LogP) is 4.22. The maximum atomic E-state index is 5.93. The van der Waals surface area contributed by atoms with Gasteiger partial charge in [0, 0.05) is 25.2 Å². The molecule has 1 aliphatic rings. The number of ether oxygens (including phenoxy) is 3. The Morgan fingerprint density at radius 2 is 1.74 bits per heavy atom. The van der Waals surface area contributed by atoms with E-state index < -0.39 is 0 Å². The third-order valence-electron chi connectivity index (χ3n) is 5.44. The Bertz CT molecular complexity index is 1130. The number of hydrogen-bond donors (Lipinski definition) is 0. The summed E-state index contributed by atoms with van der Waals surface area (Å²) in [5, 5.41) is 5.37. The maximum Gasteiger partial charge on any atom is 0.198 e. The quantitative estimate of drug-likeness (QED) is 0.492. The van der Waals surface area contributed by atoms with E-state index in [1.807, 2.05) is 28.4 Å². The third kappa shape index (κ3) is 4.71. The highest BCUT2D eigenvalue weighted by Gasteiger charge is 2.21. The Kier molecular flexibility index (Phi) is 6.50. The second-order valence-electron chi connectivity index (χ2n) is 7.42. The van der Waals surface area contributed by atoms with E-state index in [0.29, 0.717) is 23.1 Å². The lowest BCUT2D eigenvalue weighted by molar-refractivity contribution is 0.186. The first-order valence-electron chi connectivity index (χ1n) is 9.95. The van der Waals surface area contributed by atoms with Crippen molar-refractivity contribution < 1.29 is 14.2 Å². The molecule has 7 nitrogen and oxygen atoms in total. The van der Waals surface area contributed by atoms with E-state index in [-0.39, 0.29) is 0 Å². The lowest BCUT2D eigenvalue weighted by Crippen LogP contribution is -2.33. The van der Waals surface area contributed by atoms with Crippen LogP contribution in [0.15, 0.2) is 36.4 Å². The average Bonchev–Trinajstić information content (AvgIpc) is 3.05. The minimum atomic E-state index is 0.328. The molecule has 1 aliphatic heterocycles. The van der Waals surface area contributed by atoms with E-state index >= 15 is 0 Å². The summed E-state index contributed by atoms with van der Waals surface area (Å²) in [5.74, 6) is 3.02. The van der Waals surface area contributed by atoms with Gasteiger partial charge in [0.15, 0.2) is 22.1 Å². The van der Waals surface area contributed by atoms with E-state index in [2.05, 4.69) is 17.0 Å². The molecule has 0 unspecified atom stereocenters. The van der Waals surface area contributed by atoms with Gasteiger partial charge in [-0.25, -0.2) is 4.68 Å². The number of nitrogens with zero attached hydrogens (tertiary/aromatic N) is 4. The minimum absolute atomic E-state index is 0.328. The number of hydrogen-bond acceptors (Lipinski definition) is 6. The Labute approximate surface area is 191 Å². The number of rotatable bonds is 7. The highest BCUT2D eigenvalue weighted by molar-refractivity contribution is 7.71. The fraction of sp³-hybridized carbons (Fsp3) is 0.364. The molecular formula is C22H25ClN4O3S. The van der Waals surface area contributed by atoms with Gasteiger partial charge in [-0.15, -0.1) is 0 Å². The Balaban J connectivity index is 1.46. The first-order chi connectivity index (χ1) is 15.0. The smallest absolute Gasteiger partial charge is 0.198 e. The molecule has 0 amide bonds. The highest BCUT2D eigenvalue weighted by atomic mass is 35.5. The lowest BCUT2D eigenvalue weighted by Gasteiger charge is -2.29. The van der Waals surface area contributed by atoms with Crippen molar-refractivity contribution in [3.8, 4) is 17.2 Å². The van der Waals surface area contributed by atoms with Crippen LogP contribution in [0.5, 0.6) is 17.2 Å². The molecule has 0 atom stereocenters. The van der Waals surface area contributed by atoms with Crippen molar-refractivity contribution >= 4 is 23.8 Å². The molecule has 0 radical (unpaired) electrons. The summed E-state index contributed by atoms with van der Waals surface area (Å²) in [7, 11) is 5.23. The Morgan fingerprint density at radius 1 is 1.06 bits per heavy atom. The zero-order valence-corrected chi connectivity index (χ0v) is 19.4. The van der Waals surface area contributed by atoms with Crippen LogP contribution in [0.4, 0.5) is 0 Å². The molecule has 9 heteroatoms. The van der Waals surface area contributed by atoms with Crippen molar-refractivity contribution in [3.63, 3.8) is 0 Å².